The Kier molecular flexibility index (Phi) is 5.60. The highest BCUT2D eigenvalue weighted by Gasteiger charge is 2.40. The average molecular weight is 255 g/mol. The molecule has 0 atom stereocenters. The van der Waals surface area contributed by atoms with Crippen molar-refractivity contribution in [1.82, 2.24) is 15.1 Å². The van der Waals surface area contributed by atoms with Crippen LogP contribution in [-0.2, 0) is 4.79 Å². The fraction of sp³-hybridized carbons (Fsp3) is 0.929. The van der Waals surface area contributed by atoms with Crippen molar-refractivity contribution in [3.05, 3.63) is 0 Å². The maximum atomic E-state index is 12.0. The second kappa shape index (κ2) is 6.53. The number of amides is 1. The van der Waals surface area contributed by atoms with Gasteiger partial charge in [0.15, 0.2) is 0 Å². The molecule has 0 unspecified atom stereocenters. The van der Waals surface area contributed by atoms with Gasteiger partial charge in [0, 0.05) is 38.1 Å². The van der Waals surface area contributed by atoms with Crippen molar-refractivity contribution >= 4 is 5.91 Å². The van der Waals surface area contributed by atoms with E-state index in [0.29, 0.717) is 12.5 Å². The molecular formula is C14H29N3O. The minimum absolute atomic E-state index is 0.232. The van der Waals surface area contributed by atoms with Crippen LogP contribution in [-0.4, -0.2) is 61.5 Å². The van der Waals surface area contributed by atoms with E-state index in [4.69, 9.17) is 0 Å². The third kappa shape index (κ3) is 3.95. The van der Waals surface area contributed by atoms with Gasteiger partial charge in [-0.2, -0.15) is 0 Å². The van der Waals surface area contributed by atoms with Gasteiger partial charge >= 0.3 is 0 Å². The average Bonchev–Trinajstić information content (AvgIpc) is 2.21. The lowest BCUT2D eigenvalue weighted by Crippen LogP contribution is -2.57. The van der Waals surface area contributed by atoms with Crippen LogP contribution in [0.3, 0.4) is 0 Å². The molecule has 4 heteroatoms. The van der Waals surface area contributed by atoms with Crippen molar-refractivity contribution in [3.8, 4) is 0 Å². The van der Waals surface area contributed by atoms with Crippen LogP contribution >= 0.6 is 0 Å². The summed E-state index contributed by atoms with van der Waals surface area (Å²) in [5, 5.41) is 3.29. The number of rotatable bonds is 7. The number of carbonyl (C=O) groups excluding carboxylic acids is 1. The zero-order valence-corrected chi connectivity index (χ0v) is 12.6. The van der Waals surface area contributed by atoms with Crippen molar-refractivity contribution in [3.63, 3.8) is 0 Å². The number of hydrogen-bond acceptors (Lipinski definition) is 3. The minimum atomic E-state index is 0.232. The third-order valence-corrected chi connectivity index (χ3v) is 4.08. The summed E-state index contributed by atoms with van der Waals surface area (Å²) in [4.78, 5) is 16.2. The van der Waals surface area contributed by atoms with E-state index in [1.807, 2.05) is 11.9 Å². The van der Waals surface area contributed by atoms with E-state index in [9.17, 15) is 4.79 Å². The normalized spacial score (nSPS) is 17.9. The Bertz CT molecular complexity index is 272. The van der Waals surface area contributed by atoms with Gasteiger partial charge in [-0.3, -0.25) is 4.79 Å². The molecule has 106 valence electrons. The van der Waals surface area contributed by atoms with Gasteiger partial charge in [0.2, 0.25) is 5.91 Å². The summed E-state index contributed by atoms with van der Waals surface area (Å²) in [6.45, 7) is 5.84. The number of nitrogens with one attached hydrogen (secondary N) is 1. The molecule has 0 radical (unpaired) electrons. The molecule has 1 fully saturated rings. The molecule has 18 heavy (non-hydrogen) atoms. The van der Waals surface area contributed by atoms with Gasteiger partial charge in [0.05, 0.1) is 0 Å². The van der Waals surface area contributed by atoms with Crippen LogP contribution < -0.4 is 5.32 Å². The Morgan fingerprint density at radius 2 is 1.89 bits per heavy atom. The molecule has 1 saturated carbocycles. The zero-order chi connectivity index (χ0) is 13.8. The van der Waals surface area contributed by atoms with E-state index in [1.54, 1.807) is 0 Å². The molecule has 0 aliphatic heterocycles. The van der Waals surface area contributed by atoms with E-state index in [1.165, 1.54) is 19.3 Å². The highest BCUT2D eigenvalue weighted by atomic mass is 16.2. The SMILES string of the molecule is CC(C)NCCC(=O)N(C)CC1(N(C)C)CCC1. The third-order valence-electron chi connectivity index (χ3n) is 4.08. The van der Waals surface area contributed by atoms with Crippen molar-refractivity contribution in [2.45, 2.75) is 51.1 Å². The van der Waals surface area contributed by atoms with Crippen LogP contribution in [0.2, 0.25) is 0 Å². The van der Waals surface area contributed by atoms with Gasteiger partial charge in [-0.15, -0.1) is 0 Å². The van der Waals surface area contributed by atoms with E-state index >= 15 is 0 Å². The first-order chi connectivity index (χ1) is 8.37. The fourth-order valence-electron chi connectivity index (χ4n) is 2.52. The lowest BCUT2D eigenvalue weighted by atomic mass is 9.75. The summed E-state index contributed by atoms with van der Waals surface area (Å²) in [6, 6.07) is 0.447. The quantitative estimate of drug-likeness (QED) is 0.745. The number of carbonyl (C=O) groups is 1. The minimum Gasteiger partial charge on any atom is -0.344 e. The maximum Gasteiger partial charge on any atom is 0.223 e. The second-order valence-corrected chi connectivity index (χ2v) is 6.08. The van der Waals surface area contributed by atoms with Crippen LogP contribution in [0.4, 0.5) is 0 Å². The highest BCUT2D eigenvalue weighted by Crippen LogP contribution is 2.36. The summed E-state index contributed by atoms with van der Waals surface area (Å²) in [5.41, 5.74) is 0.232. The highest BCUT2D eigenvalue weighted by molar-refractivity contribution is 5.76. The fourth-order valence-corrected chi connectivity index (χ4v) is 2.52. The van der Waals surface area contributed by atoms with Crippen LogP contribution in [0, 0.1) is 0 Å². The summed E-state index contributed by atoms with van der Waals surface area (Å²) >= 11 is 0. The van der Waals surface area contributed by atoms with Crippen LogP contribution in [0.25, 0.3) is 0 Å². The Morgan fingerprint density at radius 3 is 2.28 bits per heavy atom. The Morgan fingerprint density at radius 1 is 1.28 bits per heavy atom. The first kappa shape index (κ1) is 15.4. The van der Waals surface area contributed by atoms with Gasteiger partial charge in [-0.05, 0) is 33.4 Å². The number of nitrogens with zero attached hydrogens (tertiary/aromatic N) is 2. The molecule has 0 heterocycles. The van der Waals surface area contributed by atoms with Crippen LogP contribution in [0.15, 0.2) is 0 Å². The smallest absolute Gasteiger partial charge is 0.223 e. The monoisotopic (exact) mass is 255 g/mol. The summed E-state index contributed by atoms with van der Waals surface area (Å²) in [6.07, 6.45) is 4.30. The zero-order valence-electron chi connectivity index (χ0n) is 12.6. The molecule has 0 bridgehead atoms. The largest absolute Gasteiger partial charge is 0.344 e. The van der Waals surface area contributed by atoms with Gasteiger partial charge < -0.3 is 15.1 Å². The van der Waals surface area contributed by atoms with Crippen molar-refractivity contribution in [1.29, 1.82) is 0 Å². The van der Waals surface area contributed by atoms with Crippen molar-refractivity contribution in [2.75, 3.05) is 34.2 Å². The maximum absolute atomic E-state index is 12.0. The van der Waals surface area contributed by atoms with E-state index in [2.05, 4.69) is 38.2 Å². The second-order valence-electron chi connectivity index (χ2n) is 6.08. The lowest BCUT2D eigenvalue weighted by Gasteiger charge is -2.49. The molecule has 0 aromatic rings. The van der Waals surface area contributed by atoms with Gasteiger partial charge in [0.1, 0.15) is 0 Å². The molecule has 1 aliphatic carbocycles. The van der Waals surface area contributed by atoms with Crippen molar-refractivity contribution in [2.24, 2.45) is 0 Å². The molecule has 0 saturated heterocycles. The van der Waals surface area contributed by atoms with E-state index in [-0.39, 0.29) is 11.4 Å². The summed E-state index contributed by atoms with van der Waals surface area (Å²) in [7, 11) is 6.18. The Hall–Kier alpha value is -0.610. The molecular weight excluding hydrogens is 226 g/mol. The topological polar surface area (TPSA) is 35.6 Å². The standard InChI is InChI=1S/C14H29N3O/c1-12(2)15-10-7-13(18)17(5)11-14(16(3)4)8-6-9-14/h12,15H,6-11H2,1-5H3. The van der Waals surface area contributed by atoms with Gasteiger partial charge in [0.25, 0.3) is 0 Å². The molecule has 4 nitrogen and oxygen atoms in total. The summed E-state index contributed by atoms with van der Waals surface area (Å²) in [5.74, 6) is 0.247. The van der Waals surface area contributed by atoms with E-state index < -0.39 is 0 Å². The van der Waals surface area contributed by atoms with Gasteiger partial charge in [-0.25, -0.2) is 0 Å². The number of hydrogen-bond donors (Lipinski definition) is 1. The van der Waals surface area contributed by atoms with E-state index in [0.717, 1.165) is 13.1 Å². The predicted octanol–water partition coefficient (Wildman–Crippen LogP) is 1.32. The van der Waals surface area contributed by atoms with Crippen LogP contribution in [0.5, 0.6) is 0 Å². The number of likely N-dealkylation sites (N-methyl/N-ethyl adjacent to an activating group) is 2. The van der Waals surface area contributed by atoms with Crippen molar-refractivity contribution < 1.29 is 4.79 Å². The molecule has 1 rings (SSSR count). The summed E-state index contributed by atoms with van der Waals surface area (Å²) < 4.78 is 0. The molecule has 1 aliphatic rings. The molecule has 0 aromatic carbocycles. The Balaban J connectivity index is 2.35. The van der Waals surface area contributed by atoms with Gasteiger partial charge in [-0.1, -0.05) is 13.8 Å². The molecule has 0 spiro atoms. The first-order valence-electron chi connectivity index (χ1n) is 7.02. The Labute approximate surface area is 112 Å². The van der Waals surface area contributed by atoms with Crippen LogP contribution in [0.1, 0.15) is 39.5 Å². The first-order valence-corrected chi connectivity index (χ1v) is 7.02. The molecule has 1 N–H and O–H groups in total. The predicted molar refractivity (Wildman–Crippen MR) is 75.7 cm³/mol. The lowest BCUT2D eigenvalue weighted by molar-refractivity contribution is -0.132. The molecule has 0 aromatic heterocycles. The molecule has 1 amide bonds.